The zero-order chi connectivity index (χ0) is 20.4. The summed E-state index contributed by atoms with van der Waals surface area (Å²) < 4.78 is 12.2. The molecule has 0 saturated heterocycles. The molecule has 3 aromatic heterocycles. The summed E-state index contributed by atoms with van der Waals surface area (Å²) in [5.41, 5.74) is 1.72. The predicted molar refractivity (Wildman–Crippen MR) is 101 cm³/mol. The van der Waals surface area contributed by atoms with E-state index < -0.39 is 11.6 Å². The van der Waals surface area contributed by atoms with Gasteiger partial charge in [0, 0.05) is 11.8 Å². The van der Waals surface area contributed by atoms with Gasteiger partial charge in [-0.25, -0.2) is 9.48 Å². The number of benzene rings is 1. The summed E-state index contributed by atoms with van der Waals surface area (Å²) in [5, 5.41) is 15.1. The number of hydrogen-bond donors (Lipinski definition) is 0. The number of esters is 1. The normalized spacial score (nSPS) is 11.4. The molecule has 0 fully saturated rings. The lowest BCUT2D eigenvalue weighted by Gasteiger charge is -2.19. The maximum Gasteiger partial charge on any atom is 0.340 e. The molecule has 0 amide bonds. The second-order valence-electron chi connectivity index (χ2n) is 7.16. The van der Waals surface area contributed by atoms with Gasteiger partial charge in [0.1, 0.15) is 17.6 Å². The van der Waals surface area contributed by atoms with Gasteiger partial charge in [0.05, 0.1) is 11.3 Å². The Morgan fingerprint density at radius 1 is 1.17 bits per heavy atom. The monoisotopic (exact) mass is 391 g/mol. The third-order valence-corrected chi connectivity index (χ3v) is 3.76. The van der Waals surface area contributed by atoms with Crippen LogP contribution in [0.5, 0.6) is 0 Å². The van der Waals surface area contributed by atoms with Crippen molar-refractivity contribution in [3.63, 3.8) is 0 Å². The van der Waals surface area contributed by atoms with Crippen LogP contribution in [0.3, 0.4) is 0 Å². The number of aromatic nitrogens is 7. The largest absolute Gasteiger partial charge is 0.456 e. The van der Waals surface area contributed by atoms with Gasteiger partial charge in [-0.1, -0.05) is 17.3 Å². The highest BCUT2D eigenvalue weighted by Crippen LogP contribution is 2.23. The minimum Gasteiger partial charge on any atom is -0.456 e. The third kappa shape index (κ3) is 4.15. The van der Waals surface area contributed by atoms with Crippen molar-refractivity contribution in [2.45, 2.75) is 26.4 Å². The molecule has 0 aliphatic heterocycles. The van der Waals surface area contributed by atoms with Gasteiger partial charge < -0.3 is 9.26 Å². The molecule has 0 aliphatic carbocycles. The number of carbonyl (C=O) groups is 1. The van der Waals surface area contributed by atoms with Crippen LogP contribution in [0.2, 0.25) is 0 Å². The number of tetrazole rings is 1. The van der Waals surface area contributed by atoms with E-state index in [9.17, 15) is 4.79 Å². The highest BCUT2D eigenvalue weighted by Gasteiger charge is 2.19. The first-order valence-electron chi connectivity index (χ1n) is 8.76. The van der Waals surface area contributed by atoms with E-state index in [0.29, 0.717) is 17.1 Å². The first-order valence-corrected chi connectivity index (χ1v) is 8.76. The molecule has 0 aliphatic rings. The van der Waals surface area contributed by atoms with Crippen LogP contribution in [0.4, 0.5) is 0 Å². The molecule has 29 heavy (non-hydrogen) atoms. The lowest BCUT2D eigenvalue weighted by Crippen LogP contribution is -2.23. The number of pyridine rings is 1. The number of hydrogen-bond acceptors (Lipinski definition) is 9. The Bertz CT molecular complexity index is 1130. The quantitative estimate of drug-likeness (QED) is 0.483. The van der Waals surface area contributed by atoms with Crippen molar-refractivity contribution in [2.24, 2.45) is 0 Å². The average molecular weight is 391 g/mol. The van der Waals surface area contributed by atoms with E-state index >= 15 is 0 Å². The summed E-state index contributed by atoms with van der Waals surface area (Å²) in [6.45, 7) is 5.42. The number of carbonyl (C=O) groups excluding carboxylic acids is 1. The smallest absolute Gasteiger partial charge is 0.340 e. The zero-order valence-electron chi connectivity index (χ0n) is 16.0. The van der Waals surface area contributed by atoms with Crippen molar-refractivity contribution < 1.29 is 14.1 Å². The zero-order valence-corrected chi connectivity index (χ0v) is 16.0. The Morgan fingerprint density at radius 3 is 2.72 bits per heavy atom. The lowest BCUT2D eigenvalue weighted by molar-refractivity contribution is 0.00691. The predicted octanol–water partition coefficient (Wildman–Crippen LogP) is 2.73. The first-order chi connectivity index (χ1) is 13.9. The fourth-order valence-corrected chi connectivity index (χ4v) is 2.49. The van der Waals surface area contributed by atoms with Crippen LogP contribution in [-0.4, -0.2) is 46.9 Å². The molecular weight excluding hydrogens is 374 g/mol. The summed E-state index contributed by atoms with van der Waals surface area (Å²) in [4.78, 5) is 20.7. The molecule has 10 nitrogen and oxygen atoms in total. The van der Waals surface area contributed by atoms with Crippen LogP contribution in [0.1, 0.15) is 31.1 Å². The third-order valence-electron chi connectivity index (χ3n) is 3.76. The first kappa shape index (κ1) is 18.4. The van der Waals surface area contributed by atoms with E-state index in [1.807, 2.05) is 24.3 Å². The van der Waals surface area contributed by atoms with Crippen molar-refractivity contribution in [2.75, 3.05) is 0 Å². The van der Waals surface area contributed by atoms with Gasteiger partial charge in [-0.05, 0) is 55.5 Å². The fraction of sp³-hybridized carbons (Fsp3) is 0.211. The van der Waals surface area contributed by atoms with Crippen molar-refractivity contribution in [3.8, 4) is 28.7 Å². The molecule has 146 valence electrons. The highest BCUT2D eigenvalue weighted by molar-refractivity contribution is 5.89. The Kier molecular flexibility index (Phi) is 4.59. The Morgan fingerprint density at radius 2 is 2.03 bits per heavy atom. The average Bonchev–Trinajstić information content (AvgIpc) is 3.39. The SMILES string of the molecule is CC(C)(C)OC(=O)c1ccc(-c2nc(-c3cccc(-n4cnnn4)c3)no2)nc1. The minimum atomic E-state index is -0.575. The van der Waals surface area contributed by atoms with Crippen molar-refractivity contribution in [1.82, 2.24) is 35.3 Å². The molecule has 0 N–H and O–H groups in total. The van der Waals surface area contributed by atoms with Gasteiger partial charge in [-0.15, -0.1) is 5.10 Å². The van der Waals surface area contributed by atoms with Crippen LogP contribution in [-0.2, 0) is 4.74 Å². The molecule has 0 unspecified atom stereocenters. The van der Waals surface area contributed by atoms with E-state index in [2.05, 4.69) is 30.7 Å². The Labute approximate surface area is 165 Å². The molecule has 0 atom stereocenters. The summed E-state index contributed by atoms with van der Waals surface area (Å²) in [5.74, 6) is 0.193. The summed E-state index contributed by atoms with van der Waals surface area (Å²) in [6, 6.07) is 10.6. The number of ether oxygens (including phenoxy) is 1. The summed E-state index contributed by atoms with van der Waals surface area (Å²) in [7, 11) is 0. The van der Waals surface area contributed by atoms with Crippen LogP contribution >= 0.6 is 0 Å². The molecule has 4 aromatic rings. The van der Waals surface area contributed by atoms with E-state index in [-0.39, 0.29) is 5.89 Å². The second kappa shape index (κ2) is 7.23. The van der Waals surface area contributed by atoms with Gasteiger partial charge in [0.2, 0.25) is 5.82 Å². The number of rotatable bonds is 4. The maximum atomic E-state index is 12.1. The lowest BCUT2D eigenvalue weighted by atomic mass is 10.2. The van der Waals surface area contributed by atoms with Gasteiger partial charge in [0.25, 0.3) is 5.89 Å². The molecule has 0 bridgehead atoms. The van der Waals surface area contributed by atoms with Crippen LogP contribution < -0.4 is 0 Å². The number of nitrogens with zero attached hydrogens (tertiary/aromatic N) is 7. The molecule has 0 saturated carbocycles. The van der Waals surface area contributed by atoms with E-state index in [1.54, 1.807) is 32.9 Å². The van der Waals surface area contributed by atoms with Gasteiger partial charge in [-0.2, -0.15) is 4.98 Å². The summed E-state index contributed by atoms with van der Waals surface area (Å²) >= 11 is 0. The van der Waals surface area contributed by atoms with Gasteiger partial charge in [0.15, 0.2) is 0 Å². The molecule has 3 heterocycles. The fourth-order valence-electron chi connectivity index (χ4n) is 2.49. The van der Waals surface area contributed by atoms with Crippen molar-refractivity contribution in [1.29, 1.82) is 0 Å². The molecule has 1 aromatic carbocycles. The highest BCUT2D eigenvalue weighted by atomic mass is 16.6. The van der Waals surface area contributed by atoms with E-state index in [1.165, 1.54) is 17.2 Å². The molecular formula is C19H17N7O3. The van der Waals surface area contributed by atoms with Crippen LogP contribution in [0.25, 0.3) is 28.7 Å². The van der Waals surface area contributed by atoms with Crippen LogP contribution in [0.15, 0.2) is 53.4 Å². The Hall–Kier alpha value is -3.95. The van der Waals surface area contributed by atoms with E-state index in [0.717, 1.165) is 11.3 Å². The minimum absolute atomic E-state index is 0.239. The topological polar surface area (TPSA) is 122 Å². The van der Waals surface area contributed by atoms with Crippen LogP contribution in [0, 0.1) is 0 Å². The molecule has 10 heteroatoms. The molecule has 0 spiro atoms. The maximum absolute atomic E-state index is 12.1. The standard InChI is InChI=1S/C19H17N7O3/c1-19(2,3)28-18(27)13-7-8-15(20-10-13)17-22-16(23-29-17)12-5-4-6-14(9-12)26-11-21-24-25-26/h4-11H,1-3H3. The van der Waals surface area contributed by atoms with Crippen molar-refractivity contribution >= 4 is 5.97 Å². The van der Waals surface area contributed by atoms with Gasteiger partial charge in [-0.3, -0.25) is 4.98 Å². The van der Waals surface area contributed by atoms with Gasteiger partial charge >= 0.3 is 5.97 Å². The molecule has 0 radical (unpaired) electrons. The van der Waals surface area contributed by atoms with Crippen molar-refractivity contribution in [3.05, 3.63) is 54.5 Å². The molecule has 4 rings (SSSR count). The summed E-state index contributed by atoms with van der Waals surface area (Å²) in [6.07, 6.45) is 2.92. The second-order valence-corrected chi connectivity index (χ2v) is 7.16. The Balaban J connectivity index is 1.55. The van der Waals surface area contributed by atoms with E-state index in [4.69, 9.17) is 9.26 Å².